The Kier molecular flexibility index (Phi) is 4.34. The number of pyridine rings is 1. The standard InChI is InChI=1S/C20H19F2NO3/c1-11-8-23-9-16-14(11)7-15(19(16)24)13-4-5-17(26-20(21)22)18(6-13)25-10-12-2-3-12/h4-6,8-9,12,15,20H,2-3,7,10H2,1H3/t15-/m0/s1. The van der Waals surface area contributed by atoms with E-state index < -0.39 is 6.61 Å². The van der Waals surface area contributed by atoms with Crippen molar-refractivity contribution in [3.63, 3.8) is 0 Å². The first-order chi connectivity index (χ1) is 12.5. The van der Waals surface area contributed by atoms with Crippen molar-refractivity contribution in [1.82, 2.24) is 4.98 Å². The molecule has 1 heterocycles. The Hall–Kier alpha value is -2.50. The lowest BCUT2D eigenvalue weighted by Crippen LogP contribution is -2.10. The summed E-state index contributed by atoms with van der Waals surface area (Å²) >= 11 is 0. The summed E-state index contributed by atoms with van der Waals surface area (Å²) in [6, 6.07) is 4.79. The average Bonchev–Trinajstić information content (AvgIpc) is 3.37. The van der Waals surface area contributed by atoms with Gasteiger partial charge in [0.1, 0.15) is 0 Å². The summed E-state index contributed by atoms with van der Waals surface area (Å²) in [6.07, 6.45) is 6.11. The molecule has 136 valence electrons. The Labute approximate surface area is 150 Å². The van der Waals surface area contributed by atoms with Crippen LogP contribution in [0.1, 0.15) is 45.8 Å². The summed E-state index contributed by atoms with van der Waals surface area (Å²) in [5.74, 6) is 0.409. The van der Waals surface area contributed by atoms with Gasteiger partial charge in [-0.3, -0.25) is 9.78 Å². The van der Waals surface area contributed by atoms with Crippen molar-refractivity contribution in [2.24, 2.45) is 5.92 Å². The number of halogens is 2. The van der Waals surface area contributed by atoms with E-state index in [1.54, 1.807) is 24.5 Å². The van der Waals surface area contributed by atoms with Crippen molar-refractivity contribution in [2.75, 3.05) is 6.61 Å². The number of benzene rings is 1. The average molecular weight is 359 g/mol. The molecule has 0 bridgehead atoms. The number of aryl methyl sites for hydroxylation is 1. The second-order valence-corrected chi connectivity index (χ2v) is 6.94. The smallest absolute Gasteiger partial charge is 0.387 e. The highest BCUT2D eigenvalue weighted by atomic mass is 19.3. The number of aromatic nitrogens is 1. The number of ketones is 1. The number of fused-ring (bicyclic) bond motifs is 1. The fraction of sp³-hybridized carbons (Fsp3) is 0.400. The van der Waals surface area contributed by atoms with Crippen molar-refractivity contribution in [2.45, 2.75) is 38.7 Å². The predicted molar refractivity (Wildman–Crippen MR) is 91.0 cm³/mol. The second kappa shape index (κ2) is 6.67. The summed E-state index contributed by atoms with van der Waals surface area (Å²) in [7, 11) is 0. The third-order valence-electron chi connectivity index (χ3n) is 5.02. The Morgan fingerprint density at radius 2 is 2.04 bits per heavy atom. The maximum Gasteiger partial charge on any atom is 0.387 e. The number of hydrogen-bond donors (Lipinski definition) is 0. The van der Waals surface area contributed by atoms with E-state index in [2.05, 4.69) is 9.72 Å². The Morgan fingerprint density at radius 3 is 2.73 bits per heavy atom. The van der Waals surface area contributed by atoms with E-state index in [0.29, 0.717) is 24.5 Å². The summed E-state index contributed by atoms with van der Waals surface area (Å²) < 4.78 is 35.6. The molecule has 2 aromatic rings. The van der Waals surface area contributed by atoms with Crippen LogP contribution in [0.4, 0.5) is 8.78 Å². The zero-order valence-corrected chi connectivity index (χ0v) is 14.4. The van der Waals surface area contributed by atoms with Gasteiger partial charge in [-0.25, -0.2) is 0 Å². The maximum absolute atomic E-state index is 12.8. The van der Waals surface area contributed by atoms with Gasteiger partial charge in [-0.05, 0) is 60.9 Å². The Bertz CT molecular complexity index is 849. The molecule has 0 radical (unpaired) electrons. The molecule has 1 aromatic heterocycles. The fourth-order valence-corrected chi connectivity index (χ4v) is 3.37. The zero-order valence-electron chi connectivity index (χ0n) is 14.4. The van der Waals surface area contributed by atoms with Gasteiger partial charge in [-0.15, -0.1) is 0 Å². The molecule has 26 heavy (non-hydrogen) atoms. The molecule has 2 aliphatic carbocycles. The van der Waals surface area contributed by atoms with Gasteiger partial charge in [-0.2, -0.15) is 8.78 Å². The normalized spacial score (nSPS) is 18.9. The quantitative estimate of drug-likeness (QED) is 0.771. The van der Waals surface area contributed by atoms with Crippen LogP contribution in [0, 0.1) is 12.8 Å². The van der Waals surface area contributed by atoms with Crippen LogP contribution in [0.2, 0.25) is 0 Å². The molecular weight excluding hydrogens is 340 g/mol. The first-order valence-electron chi connectivity index (χ1n) is 8.72. The third-order valence-corrected chi connectivity index (χ3v) is 5.02. The van der Waals surface area contributed by atoms with E-state index in [0.717, 1.165) is 29.5 Å². The van der Waals surface area contributed by atoms with Gasteiger partial charge in [-0.1, -0.05) is 6.07 Å². The molecule has 0 saturated heterocycles. The summed E-state index contributed by atoms with van der Waals surface area (Å²) in [6.45, 7) is -0.508. The maximum atomic E-state index is 12.8. The molecule has 2 aliphatic rings. The SMILES string of the molecule is Cc1cncc2c1C[C@@H](c1ccc(OC(F)F)c(OCC3CC3)c1)C2=O. The van der Waals surface area contributed by atoms with E-state index >= 15 is 0 Å². The number of rotatable bonds is 6. The number of nitrogens with zero attached hydrogens (tertiary/aromatic N) is 1. The van der Waals surface area contributed by atoms with Crippen molar-refractivity contribution >= 4 is 5.78 Å². The lowest BCUT2D eigenvalue weighted by atomic mass is 9.94. The lowest BCUT2D eigenvalue weighted by molar-refractivity contribution is -0.0515. The number of ether oxygens (including phenoxy) is 2. The molecule has 4 rings (SSSR count). The molecule has 1 saturated carbocycles. The summed E-state index contributed by atoms with van der Waals surface area (Å²) in [5.41, 5.74) is 3.38. The molecule has 6 heteroatoms. The van der Waals surface area contributed by atoms with E-state index in [9.17, 15) is 13.6 Å². The van der Waals surface area contributed by atoms with Gasteiger partial charge >= 0.3 is 6.61 Å². The Morgan fingerprint density at radius 1 is 1.23 bits per heavy atom. The second-order valence-electron chi connectivity index (χ2n) is 6.94. The van der Waals surface area contributed by atoms with E-state index in [1.807, 2.05) is 6.92 Å². The highest BCUT2D eigenvalue weighted by molar-refractivity contribution is 6.05. The van der Waals surface area contributed by atoms with E-state index in [4.69, 9.17) is 4.74 Å². The largest absolute Gasteiger partial charge is 0.489 e. The summed E-state index contributed by atoms with van der Waals surface area (Å²) in [5, 5.41) is 0. The number of alkyl halides is 2. The lowest BCUT2D eigenvalue weighted by Gasteiger charge is -2.15. The molecule has 1 atom stereocenters. The predicted octanol–water partition coefficient (Wildman–Crippen LogP) is 4.30. The van der Waals surface area contributed by atoms with Crippen molar-refractivity contribution in [1.29, 1.82) is 0 Å². The monoisotopic (exact) mass is 359 g/mol. The molecule has 1 fully saturated rings. The van der Waals surface area contributed by atoms with Crippen LogP contribution < -0.4 is 9.47 Å². The van der Waals surface area contributed by atoms with E-state index in [1.165, 1.54) is 6.07 Å². The van der Waals surface area contributed by atoms with Gasteiger partial charge in [0.2, 0.25) is 0 Å². The number of carbonyl (C=O) groups excluding carboxylic acids is 1. The molecule has 4 nitrogen and oxygen atoms in total. The van der Waals surface area contributed by atoms with Gasteiger partial charge in [0.25, 0.3) is 0 Å². The molecule has 0 N–H and O–H groups in total. The van der Waals surface area contributed by atoms with Crippen LogP contribution in [0.3, 0.4) is 0 Å². The van der Waals surface area contributed by atoms with Gasteiger partial charge in [0.05, 0.1) is 12.5 Å². The van der Waals surface area contributed by atoms with Crippen molar-refractivity contribution in [3.05, 3.63) is 52.8 Å². The minimum Gasteiger partial charge on any atom is -0.489 e. The van der Waals surface area contributed by atoms with Crippen LogP contribution in [0.5, 0.6) is 11.5 Å². The first-order valence-corrected chi connectivity index (χ1v) is 8.72. The Balaban J connectivity index is 1.63. The highest BCUT2D eigenvalue weighted by Gasteiger charge is 2.33. The number of Topliss-reactive ketones (excluding diaryl/α,β-unsaturated/α-hetero) is 1. The van der Waals surface area contributed by atoms with Crippen LogP contribution in [0.25, 0.3) is 0 Å². The minimum atomic E-state index is -2.92. The third kappa shape index (κ3) is 3.28. The van der Waals surface area contributed by atoms with Gasteiger partial charge in [0, 0.05) is 18.0 Å². The molecule has 0 unspecified atom stereocenters. The molecule has 1 aromatic carbocycles. The molecular formula is C20H19F2NO3. The molecule has 0 amide bonds. The van der Waals surface area contributed by atoms with Crippen molar-refractivity contribution in [3.8, 4) is 11.5 Å². The number of carbonyl (C=O) groups is 1. The van der Waals surface area contributed by atoms with Crippen LogP contribution in [-0.4, -0.2) is 24.0 Å². The molecule has 0 spiro atoms. The van der Waals surface area contributed by atoms with Crippen LogP contribution in [0.15, 0.2) is 30.6 Å². The van der Waals surface area contributed by atoms with Gasteiger partial charge in [0.15, 0.2) is 17.3 Å². The first kappa shape index (κ1) is 16.9. The van der Waals surface area contributed by atoms with Gasteiger partial charge < -0.3 is 9.47 Å². The minimum absolute atomic E-state index is 0.00482. The van der Waals surface area contributed by atoms with Crippen LogP contribution >= 0.6 is 0 Å². The van der Waals surface area contributed by atoms with E-state index in [-0.39, 0.29) is 23.2 Å². The highest BCUT2D eigenvalue weighted by Crippen LogP contribution is 2.40. The van der Waals surface area contributed by atoms with Crippen LogP contribution in [-0.2, 0) is 6.42 Å². The number of hydrogen-bond acceptors (Lipinski definition) is 4. The summed E-state index contributed by atoms with van der Waals surface area (Å²) in [4.78, 5) is 16.9. The molecule has 0 aliphatic heterocycles. The van der Waals surface area contributed by atoms with Crippen molar-refractivity contribution < 1.29 is 23.0 Å². The zero-order chi connectivity index (χ0) is 18.3. The fourth-order valence-electron chi connectivity index (χ4n) is 3.37. The topological polar surface area (TPSA) is 48.4 Å².